The van der Waals surface area contributed by atoms with Crippen molar-refractivity contribution in [1.82, 2.24) is 9.80 Å². The molecular weight excluding hydrogens is 434 g/mol. The molecule has 0 bridgehead atoms. The number of nitrogens with zero attached hydrogens (tertiary/aromatic N) is 2. The van der Waals surface area contributed by atoms with E-state index in [-0.39, 0.29) is 24.3 Å². The van der Waals surface area contributed by atoms with Crippen LogP contribution in [-0.4, -0.2) is 53.2 Å². The number of carbonyl (C=O) groups is 3. The van der Waals surface area contributed by atoms with Crippen LogP contribution in [0.1, 0.15) is 20.0 Å². The highest BCUT2D eigenvalue weighted by Gasteiger charge is 2.40. The molecule has 1 aromatic heterocycles. The van der Waals surface area contributed by atoms with Crippen LogP contribution in [0.3, 0.4) is 0 Å². The predicted molar refractivity (Wildman–Crippen MR) is 121 cm³/mol. The lowest BCUT2D eigenvalue weighted by atomic mass is 10.0. The summed E-state index contributed by atoms with van der Waals surface area (Å²) in [5.41, 5.74) is 2.72. The second-order valence-corrected chi connectivity index (χ2v) is 8.88. The molecule has 1 fully saturated rings. The summed E-state index contributed by atoms with van der Waals surface area (Å²) in [6, 6.07) is 15.7. The Kier molecular flexibility index (Phi) is 5.00. The van der Waals surface area contributed by atoms with Gasteiger partial charge in [0.15, 0.2) is 0 Å². The van der Waals surface area contributed by atoms with Gasteiger partial charge in [-0.2, -0.15) is 0 Å². The predicted octanol–water partition coefficient (Wildman–Crippen LogP) is 3.99. The summed E-state index contributed by atoms with van der Waals surface area (Å²) in [7, 11) is 0. The van der Waals surface area contributed by atoms with E-state index in [2.05, 4.69) is 5.32 Å². The summed E-state index contributed by atoms with van der Waals surface area (Å²) in [6.45, 7) is 0.865. The van der Waals surface area contributed by atoms with Crippen molar-refractivity contribution in [1.29, 1.82) is 0 Å². The van der Waals surface area contributed by atoms with Gasteiger partial charge in [-0.15, -0.1) is 11.3 Å². The van der Waals surface area contributed by atoms with Gasteiger partial charge in [0, 0.05) is 18.1 Å². The number of fused-ring (bicyclic) bond motifs is 2. The minimum absolute atomic E-state index is 0.110. The lowest BCUT2D eigenvalue weighted by Crippen LogP contribution is -2.59. The summed E-state index contributed by atoms with van der Waals surface area (Å²) in [5, 5.41) is 5.36. The van der Waals surface area contributed by atoms with Gasteiger partial charge in [0.05, 0.1) is 22.7 Å². The van der Waals surface area contributed by atoms with Gasteiger partial charge in [0.1, 0.15) is 6.04 Å². The van der Waals surface area contributed by atoms with E-state index >= 15 is 0 Å². The molecule has 3 amide bonds. The number of halogens is 1. The van der Waals surface area contributed by atoms with Crippen molar-refractivity contribution in [3.63, 3.8) is 0 Å². The third kappa shape index (κ3) is 3.60. The SMILES string of the molecule is O=C1Nc2ccc(-c3ccc(Cl)cc3)cc2C(=O)N2CCN(C(=O)c3cccs3)CC12. The highest BCUT2D eigenvalue weighted by atomic mass is 35.5. The zero-order chi connectivity index (χ0) is 21.5. The fourth-order valence-electron chi connectivity index (χ4n) is 4.01. The molecule has 31 heavy (non-hydrogen) atoms. The van der Waals surface area contributed by atoms with Crippen LogP contribution in [0.2, 0.25) is 5.02 Å². The van der Waals surface area contributed by atoms with Gasteiger partial charge in [-0.25, -0.2) is 0 Å². The van der Waals surface area contributed by atoms with Crippen LogP contribution in [0.25, 0.3) is 11.1 Å². The Morgan fingerprint density at radius 1 is 1.03 bits per heavy atom. The van der Waals surface area contributed by atoms with Gasteiger partial charge in [0.2, 0.25) is 5.91 Å². The van der Waals surface area contributed by atoms with E-state index in [1.165, 1.54) is 11.3 Å². The maximum absolute atomic E-state index is 13.4. The summed E-state index contributed by atoms with van der Waals surface area (Å²) >= 11 is 7.35. The average molecular weight is 452 g/mol. The molecule has 3 heterocycles. The molecular formula is C23H18ClN3O3S. The molecule has 3 aromatic rings. The maximum Gasteiger partial charge on any atom is 0.264 e. The van der Waals surface area contributed by atoms with Gasteiger partial charge < -0.3 is 15.1 Å². The smallest absolute Gasteiger partial charge is 0.264 e. The first-order valence-corrected chi connectivity index (χ1v) is 11.1. The largest absolute Gasteiger partial charge is 0.334 e. The van der Waals surface area contributed by atoms with Gasteiger partial charge in [-0.05, 0) is 46.8 Å². The summed E-state index contributed by atoms with van der Waals surface area (Å²) in [5.74, 6) is -0.603. The van der Waals surface area contributed by atoms with E-state index in [0.29, 0.717) is 34.2 Å². The van der Waals surface area contributed by atoms with Crippen molar-refractivity contribution in [2.24, 2.45) is 0 Å². The molecule has 2 aliphatic rings. The van der Waals surface area contributed by atoms with Crippen molar-refractivity contribution in [3.8, 4) is 11.1 Å². The highest BCUT2D eigenvalue weighted by molar-refractivity contribution is 7.12. The molecule has 0 radical (unpaired) electrons. The molecule has 2 aliphatic heterocycles. The van der Waals surface area contributed by atoms with Crippen LogP contribution < -0.4 is 5.32 Å². The molecule has 1 unspecified atom stereocenters. The second-order valence-electron chi connectivity index (χ2n) is 7.50. The Morgan fingerprint density at radius 3 is 2.55 bits per heavy atom. The fraction of sp³-hybridized carbons (Fsp3) is 0.174. The topological polar surface area (TPSA) is 69.7 Å². The number of carbonyl (C=O) groups excluding carboxylic acids is 3. The van der Waals surface area contributed by atoms with Gasteiger partial charge >= 0.3 is 0 Å². The third-order valence-electron chi connectivity index (χ3n) is 5.65. The first-order chi connectivity index (χ1) is 15.0. The first kappa shape index (κ1) is 19.8. The average Bonchev–Trinajstić information content (AvgIpc) is 3.30. The van der Waals surface area contributed by atoms with Crippen LogP contribution in [0.15, 0.2) is 60.0 Å². The number of hydrogen-bond donors (Lipinski definition) is 1. The van der Waals surface area contributed by atoms with Gasteiger partial charge in [0.25, 0.3) is 11.8 Å². The van der Waals surface area contributed by atoms with E-state index in [9.17, 15) is 14.4 Å². The van der Waals surface area contributed by atoms with E-state index in [4.69, 9.17) is 11.6 Å². The van der Waals surface area contributed by atoms with Crippen molar-refractivity contribution in [2.75, 3.05) is 25.0 Å². The number of amides is 3. The van der Waals surface area contributed by atoms with Crippen LogP contribution >= 0.6 is 22.9 Å². The lowest BCUT2D eigenvalue weighted by Gasteiger charge is -2.39. The number of piperazine rings is 1. The van der Waals surface area contributed by atoms with Crippen molar-refractivity contribution >= 4 is 46.3 Å². The molecule has 8 heteroatoms. The van der Waals surface area contributed by atoms with Crippen molar-refractivity contribution < 1.29 is 14.4 Å². The zero-order valence-corrected chi connectivity index (χ0v) is 17.9. The van der Waals surface area contributed by atoms with Crippen molar-refractivity contribution in [2.45, 2.75) is 6.04 Å². The number of benzene rings is 2. The maximum atomic E-state index is 13.4. The number of thiophene rings is 1. The quantitative estimate of drug-likeness (QED) is 0.640. The lowest BCUT2D eigenvalue weighted by molar-refractivity contribution is -0.121. The fourth-order valence-corrected chi connectivity index (χ4v) is 4.83. The normalized spacial score (nSPS) is 18.2. The van der Waals surface area contributed by atoms with E-state index in [1.807, 2.05) is 29.6 Å². The van der Waals surface area contributed by atoms with E-state index in [1.54, 1.807) is 40.1 Å². The molecule has 5 rings (SSSR count). The second kappa shape index (κ2) is 7.83. The zero-order valence-electron chi connectivity index (χ0n) is 16.4. The molecule has 0 aliphatic carbocycles. The number of hydrogen-bond acceptors (Lipinski definition) is 4. The first-order valence-electron chi connectivity index (χ1n) is 9.86. The Balaban J connectivity index is 1.44. The van der Waals surface area contributed by atoms with Crippen LogP contribution in [0.4, 0.5) is 5.69 Å². The molecule has 1 atom stereocenters. The van der Waals surface area contributed by atoms with E-state index < -0.39 is 6.04 Å². The molecule has 1 saturated heterocycles. The Labute approximate surface area is 188 Å². The third-order valence-corrected chi connectivity index (χ3v) is 6.76. The Hall–Kier alpha value is -3.16. The molecule has 0 spiro atoms. The number of nitrogens with one attached hydrogen (secondary N) is 1. The minimum Gasteiger partial charge on any atom is -0.334 e. The monoisotopic (exact) mass is 451 g/mol. The van der Waals surface area contributed by atoms with Crippen LogP contribution in [-0.2, 0) is 4.79 Å². The van der Waals surface area contributed by atoms with Crippen LogP contribution in [0.5, 0.6) is 0 Å². The molecule has 0 saturated carbocycles. The number of anilines is 1. The standard InChI is InChI=1S/C23H18ClN3O3S/c24-16-6-3-14(4-7-16)15-5-8-18-17(12-15)22(29)27-10-9-26(13-19(27)21(28)25-18)23(30)20-2-1-11-31-20/h1-8,11-12,19H,9-10,13H2,(H,25,28). The van der Waals surface area contributed by atoms with Crippen molar-refractivity contribution in [3.05, 3.63) is 75.4 Å². The van der Waals surface area contributed by atoms with Gasteiger partial charge in [-0.3, -0.25) is 14.4 Å². The molecule has 1 N–H and O–H groups in total. The number of rotatable bonds is 2. The summed E-state index contributed by atoms with van der Waals surface area (Å²) < 4.78 is 0. The molecule has 156 valence electrons. The van der Waals surface area contributed by atoms with Crippen LogP contribution in [0, 0.1) is 0 Å². The minimum atomic E-state index is -0.725. The van der Waals surface area contributed by atoms with E-state index in [0.717, 1.165) is 11.1 Å². The summed E-state index contributed by atoms with van der Waals surface area (Å²) in [4.78, 5) is 42.9. The Bertz CT molecular complexity index is 1180. The molecule has 6 nitrogen and oxygen atoms in total. The molecule has 2 aromatic carbocycles. The highest BCUT2D eigenvalue weighted by Crippen LogP contribution is 2.31. The summed E-state index contributed by atoms with van der Waals surface area (Å²) in [6.07, 6.45) is 0. The Morgan fingerprint density at radius 2 is 1.81 bits per heavy atom. The van der Waals surface area contributed by atoms with Gasteiger partial charge in [-0.1, -0.05) is 35.9 Å².